The molecule has 0 N–H and O–H groups in total. The van der Waals surface area contributed by atoms with Gasteiger partial charge in [-0.3, -0.25) is 0 Å². The highest BCUT2D eigenvalue weighted by Crippen LogP contribution is 2.50. The molecule has 0 bridgehead atoms. The summed E-state index contributed by atoms with van der Waals surface area (Å²) in [5.41, 5.74) is 0.966. The third-order valence-electron chi connectivity index (χ3n) is 5.35. The van der Waals surface area contributed by atoms with Crippen molar-refractivity contribution in [3.05, 3.63) is 47.6 Å². The van der Waals surface area contributed by atoms with E-state index in [0.717, 1.165) is 41.9 Å². The Balaban J connectivity index is 2.13. The lowest BCUT2D eigenvalue weighted by Crippen LogP contribution is -2.27. The van der Waals surface area contributed by atoms with Crippen molar-refractivity contribution in [2.24, 2.45) is 11.3 Å². The van der Waals surface area contributed by atoms with Gasteiger partial charge in [0.15, 0.2) is 5.41 Å². The summed E-state index contributed by atoms with van der Waals surface area (Å²) in [6.45, 7) is 0. The van der Waals surface area contributed by atoms with Crippen LogP contribution in [-0.4, -0.2) is 14.2 Å². The molecule has 0 radical (unpaired) electrons. The first-order valence-electron chi connectivity index (χ1n) is 8.60. The number of hydrogen-bond donors (Lipinski definition) is 0. The molecule has 0 fully saturated rings. The van der Waals surface area contributed by atoms with Gasteiger partial charge in [-0.15, -0.1) is 0 Å². The van der Waals surface area contributed by atoms with Gasteiger partial charge in [0, 0.05) is 17.9 Å². The molecule has 3 rings (SSSR count). The van der Waals surface area contributed by atoms with Crippen molar-refractivity contribution in [2.75, 3.05) is 14.2 Å². The average Bonchev–Trinajstić information content (AvgIpc) is 2.84. The van der Waals surface area contributed by atoms with Crippen molar-refractivity contribution in [3.8, 4) is 23.6 Å². The number of methoxy groups -OCH3 is 2. The lowest BCUT2D eigenvalue weighted by molar-refractivity contribution is 0.379. The van der Waals surface area contributed by atoms with Crippen LogP contribution in [0.5, 0.6) is 11.5 Å². The lowest BCUT2D eigenvalue weighted by Gasteiger charge is -2.34. The van der Waals surface area contributed by atoms with Gasteiger partial charge in [-0.05, 0) is 49.0 Å². The maximum Gasteiger partial charge on any atom is 0.168 e. The molecular weight excluding hydrogens is 312 g/mol. The van der Waals surface area contributed by atoms with Crippen LogP contribution in [0.1, 0.15) is 37.2 Å². The molecule has 0 amide bonds. The number of hydrogen-bond acceptors (Lipinski definition) is 4. The van der Waals surface area contributed by atoms with E-state index in [-0.39, 0.29) is 11.8 Å². The zero-order valence-corrected chi connectivity index (χ0v) is 14.7. The molecule has 2 aliphatic rings. The Morgan fingerprint density at radius 2 is 1.96 bits per heavy atom. The first-order valence-corrected chi connectivity index (χ1v) is 8.60. The van der Waals surface area contributed by atoms with Gasteiger partial charge in [0.2, 0.25) is 0 Å². The van der Waals surface area contributed by atoms with Crippen molar-refractivity contribution >= 4 is 0 Å². The van der Waals surface area contributed by atoms with Crippen molar-refractivity contribution in [1.29, 1.82) is 10.5 Å². The normalized spacial score (nSPS) is 24.1. The number of nitriles is 2. The first kappa shape index (κ1) is 17.1. The van der Waals surface area contributed by atoms with Crippen LogP contribution in [0.15, 0.2) is 42.0 Å². The Morgan fingerprint density at radius 3 is 2.64 bits per heavy atom. The first-order chi connectivity index (χ1) is 12.2. The molecule has 128 valence electrons. The number of fused-ring (bicyclic) bond motifs is 1. The molecule has 2 aliphatic carbocycles. The fourth-order valence-electron chi connectivity index (χ4n) is 4.08. The van der Waals surface area contributed by atoms with Gasteiger partial charge >= 0.3 is 0 Å². The van der Waals surface area contributed by atoms with E-state index in [4.69, 9.17) is 9.47 Å². The summed E-state index contributed by atoms with van der Waals surface area (Å²) in [5, 5.41) is 19.5. The van der Waals surface area contributed by atoms with E-state index in [0.29, 0.717) is 6.42 Å². The van der Waals surface area contributed by atoms with Crippen LogP contribution in [-0.2, 0) is 0 Å². The van der Waals surface area contributed by atoms with E-state index in [1.54, 1.807) is 14.2 Å². The molecule has 1 aromatic rings. The zero-order valence-electron chi connectivity index (χ0n) is 14.7. The second kappa shape index (κ2) is 7.03. The van der Waals surface area contributed by atoms with Crippen molar-refractivity contribution < 1.29 is 9.47 Å². The Hall–Kier alpha value is -2.72. The molecule has 2 atom stereocenters. The average molecular weight is 334 g/mol. The molecule has 0 spiro atoms. The van der Waals surface area contributed by atoms with E-state index in [1.165, 1.54) is 0 Å². The van der Waals surface area contributed by atoms with Crippen molar-refractivity contribution in [2.45, 2.75) is 31.6 Å². The molecule has 0 saturated carbocycles. The van der Waals surface area contributed by atoms with Gasteiger partial charge in [-0.2, -0.15) is 10.5 Å². The second-order valence-corrected chi connectivity index (χ2v) is 6.59. The van der Waals surface area contributed by atoms with Crippen LogP contribution in [0.3, 0.4) is 0 Å². The quantitative estimate of drug-likeness (QED) is 0.763. The van der Waals surface area contributed by atoms with Gasteiger partial charge < -0.3 is 9.47 Å². The summed E-state index contributed by atoms with van der Waals surface area (Å²) in [6.07, 6.45) is 9.63. The Morgan fingerprint density at radius 1 is 1.16 bits per heavy atom. The van der Waals surface area contributed by atoms with Crippen molar-refractivity contribution in [3.63, 3.8) is 0 Å². The molecule has 4 nitrogen and oxygen atoms in total. The predicted molar refractivity (Wildman–Crippen MR) is 95.1 cm³/mol. The predicted octanol–water partition coefficient (Wildman–Crippen LogP) is 4.51. The highest BCUT2D eigenvalue weighted by Gasteiger charge is 2.43. The minimum atomic E-state index is -1.05. The maximum atomic E-state index is 9.75. The van der Waals surface area contributed by atoms with Crippen molar-refractivity contribution in [1.82, 2.24) is 0 Å². The molecule has 1 aromatic carbocycles. The van der Waals surface area contributed by atoms with E-state index in [9.17, 15) is 10.5 Å². The molecule has 2 unspecified atom stereocenters. The van der Waals surface area contributed by atoms with Gasteiger partial charge in [-0.25, -0.2) is 0 Å². The van der Waals surface area contributed by atoms with E-state index >= 15 is 0 Å². The Bertz CT molecular complexity index is 781. The highest BCUT2D eigenvalue weighted by molar-refractivity contribution is 5.48. The standard InChI is InChI=1S/C21H22N2O2/c1-24-15-9-10-20(25-2)18(12-15)16-7-5-11-21(13-22,14-23)19-8-4-3-6-17(16)19/h5,7-10,12,16-17H,3-4,6,11H2,1-2H3. The van der Waals surface area contributed by atoms with Crippen LogP contribution >= 0.6 is 0 Å². The summed E-state index contributed by atoms with van der Waals surface area (Å²) in [5.74, 6) is 1.79. The topological polar surface area (TPSA) is 66.0 Å². The summed E-state index contributed by atoms with van der Waals surface area (Å²) in [4.78, 5) is 0. The van der Waals surface area contributed by atoms with Crippen LogP contribution in [0.2, 0.25) is 0 Å². The van der Waals surface area contributed by atoms with E-state index < -0.39 is 5.41 Å². The molecule has 0 aliphatic heterocycles. The summed E-state index contributed by atoms with van der Waals surface area (Å²) < 4.78 is 11.0. The smallest absolute Gasteiger partial charge is 0.168 e. The van der Waals surface area contributed by atoms with Gasteiger partial charge in [0.1, 0.15) is 11.5 Å². The van der Waals surface area contributed by atoms with Gasteiger partial charge in [0.05, 0.1) is 26.4 Å². The highest BCUT2D eigenvalue weighted by atomic mass is 16.5. The molecule has 0 aromatic heterocycles. The lowest BCUT2D eigenvalue weighted by atomic mass is 9.67. The monoisotopic (exact) mass is 334 g/mol. The minimum absolute atomic E-state index is 0.0696. The zero-order chi connectivity index (χ0) is 17.9. The number of allylic oxidation sites excluding steroid dienone is 4. The van der Waals surface area contributed by atoms with Crippen LogP contribution in [0, 0.1) is 34.0 Å². The van der Waals surface area contributed by atoms with Gasteiger partial charge in [-0.1, -0.05) is 18.2 Å². The largest absolute Gasteiger partial charge is 0.497 e. The third kappa shape index (κ3) is 2.89. The number of ether oxygens (including phenoxy) is 2. The third-order valence-corrected chi connectivity index (χ3v) is 5.35. The van der Waals surface area contributed by atoms with Crippen LogP contribution in [0.4, 0.5) is 0 Å². The Kier molecular flexibility index (Phi) is 4.81. The maximum absolute atomic E-state index is 9.75. The summed E-state index contributed by atoms with van der Waals surface area (Å²) >= 11 is 0. The molecule has 0 heterocycles. The van der Waals surface area contributed by atoms with Gasteiger partial charge in [0.25, 0.3) is 0 Å². The number of nitrogens with zero attached hydrogens (tertiary/aromatic N) is 2. The molecular formula is C21H22N2O2. The minimum Gasteiger partial charge on any atom is -0.497 e. The number of benzene rings is 1. The summed E-state index contributed by atoms with van der Waals surface area (Å²) in [7, 11) is 3.31. The molecule has 0 saturated heterocycles. The van der Waals surface area contributed by atoms with Crippen LogP contribution in [0.25, 0.3) is 0 Å². The fourth-order valence-corrected chi connectivity index (χ4v) is 4.08. The summed E-state index contributed by atoms with van der Waals surface area (Å²) in [6, 6.07) is 10.4. The molecule has 4 heteroatoms. The Labute approximate surface area is 149 Å². The van der Waals surface area contributed by atoms with E-state index in [2.05, 4.69) is 24.3 Å². The van der Waals surface area contributed by atoms with E-state index in [1.807, 2.05) is 24.3 Å². The number of rotatable bonds is 3. The van der Waals surface area contributed by atoms with Crippen LogP contribution < -0.4 is 9.47 Å². The second-order valence-electron chi connectivity index (χ2n) is 6.59. The molecule has 25 heavy (non-hydrogen) atoms. The fraction of sp³-hybridized carbons (Fsp3) is 0.429. The SMILES string of the molecule is COc1ccc(OC)c(C2C=CCC(C#N)(C#N)C3=CCCCC32)c1.